The molecule has 0 radical (unpaired) electrons. The first-order valence-corrected chi connectivity index (χ1v) is 4.49. The predicted molar refractivity (Wildman–Crippen MR) is 44.7 cm³/mol. The molecule has 2 N–H and O–H groups in total. The van der Waals surface area contributed by atoms with E-state index in [-0.39, 0.29) is 0 Å². The second kappa shape index (κ2) is 5.11. The molecule has 76 valence electrons. The van der Waals surface area contributed by atoms with Crippen LogP contribution in [0.4, 0.5) is 8.78 Å². The van der Waals surface area contributed by atoms with Crippen molar-refractivity contribution in [1.82, 2.24) is 10.6 Å². The summed E-state index contributed by atoms with van der Waals surface area (Å²) in [5.74, 6) is -1.17. The molecule has 0 heterocycles. The van der Waals surface area contributed by atoms with Gasteiger partial charge in [0.2, 0.25) is 0 Å². The van der Waals surface area contributed by atoms with Gasteiger partial charge in [0.05, 0.1) is 0 Å². The van der Waals surface area contributed by atoms with Gasteiger partial charge in [0.25, 0.3) is 5.91 Å². The van der Waals surface area contributed by atoms with Crippen LogP contribution in [0, 0.1) is 0 Å². The van der Waals surface area contributed by atoms with E-state index < -0.39 is 12.3 Å². The molecule has 5 heteroatoms. The normalized spacial score (nSPS) is 16.2. The van der Waals surface area contributed by atoms with Gasteiger partial charge < -0.3 is 10.6 Å². The van der Waals surface area contributed by atoms with Gasteiger partial charge in [-0.15, -0.1) is 0 Å². The van der Waals surface area contributed by atoms with Gasteiger partial charge in [0.15, 0.2) is 0 Å². The fourth-order valence-electron chi connectivity index (χ4n) is 0.971. The summed E-state index contributed by atoms with van der Waals surface area (Å²) in [7, 11) is 0. The highest BCUT2D eigenvalue weighted by atomic mass is 19.3. The Bertz CT molecular complexity index is 172. The third-order valence-electron chi connectivity index (χ3n) is 1.86. The van der Waals surface area contributed by atoms with E-state index in [0.717, 1.165) is 6.54 Å². The van der Waals surface area contributed by atoms with Crippen LogP contribution in [0.15, 0.2) is 0 Å². The summed E-state index contributed by atoms with van der Waals surface area (Å²) >= 11 is 0. The van der Waals surface area contributed by atoms with E-state index in [1.165, 1.54) is 12.8 Å². The molecule has 0 aromatic heterocycles. The average molecular weight is 192 g/mol. The number of rotatable bonds is 6. The summed E-state index contributed by atoms with van der Waals surface area (Å²) in [5, 5.41) is 5.37. The molecule has 1 saturated carbocycles. The number of halogens is 2. The van der Waals surface area contributed by atoms with Crippen LogP contribution < -0.4 is 10.6 Å². The quantitative estimate of drug-likeness (QED) is 0.602. The zero-order chi connectivity index (χ0) is 9.68. The third kappa shape index (κ3) is 4.77. The largest absolute Gasteiger partial charge is 0.351 e. The maximum Gasteiger partial charge on any atom is 0.315 e. The lowest BCUT2D eigenvalue weighted by molar-refractivity contribution is -0.131. The van der Waals surface area contributed by atoms with Crippen LogP contribution >= 0.6 is 0 Å². The Labute approximate surface area is 75.9 Å². The Morgan fingerprint density at radius 3 is 2.62 bits per heavy atom. The minimum atomic E-state index is -2.89. The van der Waals surface area contributed by atoms with Crippen molar-refractivity contribution in [2.75, 3.05) is 13.1 Å². The fraction of sp³-hybridized carbons (Fsp3) is 0.875. The molecule has 0 saturated heterocycles. The van der Waals surface area contributed by atoms with Crippen LogP contribution in [-0.2, 0) is 4.79 Å². The first kappa shape index (κ1) is 10.4. The van der Waals surface area contributed by atoms with Crippen molar-refractivity contribution in [2.45, 2.75) is 31.7 Å². The topological polar surface area (TPSA) is 41.1 Å². The Balaban J connectivity index is 1.85. The van der Waals surface area contributed by atoms with E-state index in [1.54, 1.807) is 0 Å². The van der Waals surface area contributed by atoms with Crippen molar-refractivity contribution >= 4 is 5.91 Å². The maximum absolute atomic E-state index is 11.6. The van der Waals surface area contributed by atoms with Gasteiger partial charge in [-0.1, -0.05) is 0 Å². The molecule has 3 nitrogen and oxygen atoms in total. The molecule has 1 aliphatic rings. The van der Waals surface area contributed by atoms with Gasteiger partial charge in [-0.2, -0.15) is 8.78 Å². The molecule has 1 aliphatic carbocycles. The summed E-state index contributed by atoms with van der Waals surface area (Å²) in [6, 6.07) is 0.630. The standard InChI is InChI=1S/C8H14F2N2O/c9-7(10)8(13)12-5-1-4-11-6-2-3-6/h6-7,11H,1-5H2,(H,12,13). The van der Waals surface area contributed by atoms with Crippen LogP contribution in [0.1, 0.15) is 19.3 Å². The van der Waals surface area contributed by atoms with Gasteiger partial charge >= 0.3 is 6.43 Å². The van der Waals surface area contributed by atoms with Crippen LogP contribution in [0.5, 0.6) is 0 Å². The molecule has 0 aliphatic heterocycles. The van der Waals surface area contributed by atoms with E-state index in [0.29, 0.717) is 19.0 Å². The average Bonchev–Trinajstić information content (AvgIpc) is 2.87. The fourth-order valence-corrected chi connectivity index (χ4v) is 0.971. The highest BCUT2D eigenvalue weighted by Gasteiger charge is 2.19. The second-order valence-electron chi connectivity index (χ2n) is 3.17. The van der Waals surface area contributed by atoms with Crippen molar-refractivity contribution in [3.63, 3.8) is 0 Å². The Hall–Kier alpha value is -0.710. The first-order valence-electron chi connectivity index (χ1n) is 4.49. The van der Waals surface area contributed by atoms with Crippen molar-refractivity contribution in [1.29, 1.82) is 0 Å². The Morgan fingerprint density at radius 1 is 1.38 bits per heavy atom. The van der Waals surface area contributed by atoms with Crippen molar-refractivity contribution in [3.05, 3.63) is 0 Å². The maximum atomic E-state index is 11.6. The molecule has 0 unspecified atom stereocenters. The lowest BCUT2D eigenvalue weighted by Gasteiger charge is -2.04. The van der Waals surface area contributed by atoms with E-state index in [1.807, 2.05) is 0 Å². The summed E-state index contributed by atoms with van der Waals surface area (Å²) in [6.45, 7) is 1.11. The molecular weight excluding hydrogens is 178 g/mol. The van der Waals surface area contributed by atoms with Gasteiger partial charge in [0, 0.05) is 12.6 Å². The molecule has 1 rings (SSSR count). The summed E-state index contributed by atoms with van der Waals surface area (Å²) in [4.78, 5) is 10.4. The lowest BCUT2D eigenvalue weighted by atomic mass is 10.4. The lowest BCUT2D eigenvalue weighted by Crippen LogP contribution is -2.32. The van der Waals surface area contributed by atoms with Crippen LogP contribution in [0.25, 0.3) is 0 Å². The molecule has 13 heavy (non-hydrogen) atoms. The summed E-state index contributed by atoms with van der Waals surface area (Å²) in [6.07, 6.45) is 0.235. The number of carbonyl (C=O) groups excluding carboxylic acids is 1. The summed E-state index contributed by atoms with van der Waals surface area (Å²) < 4.78 is 23.3. The Kier molecular flexibility index (Phi) is 4.08. The minimum absolute atomic E-state index is 0.322. The minimum Gasteiger partial charge on any atom is -0.351 e. The molecule has 0 aromatic rings. The number of amides is 1. The van der Waals surface area contributed by atoms with Gasteiger partial charge in [-0.25, -0.2) is 0 Å². The molecule has 0 atom stereocenters. The van der Waals surface area contributed by atoms with Crippen molar-refractivity contribution in [2.24, 2.45) is 0 Å². The molecular formula is C8H14F2N2O. The monoisotopic (exact) mass is 192 g/mol. The number of carbonyl (C=O) groups is 1. The second-order valence-corrected chi connectivity index (χ2v) is 3.17. The number of hydrogen-bond donors (Lipinski definition) is 2. The number of hydrogen-bond acceptors (Lipinski definition) is 2. The number of nitrogens with one attached hydrogen (secondary N) is 2. The van der Waals surface area contributed by atoms with Crippen LogP contribution in [-0.4, -0.2) is 31.5 Å². The van der Waals surface area contributed by atoms with E-state index >= 15 is 0 Å². The smallest absolute Gasteiger partial charge is 0.315 e. The molecule has 0 bridgehead atoms. The van der Waals surface area contributed by atoms with E-state index in [9.17, 15) is 13.6 Å². The van der Waals surface area contributed by atoms with E-state index in [2.05, 4.69) is 10.6 Å². The van der Waals surface area contributed by atoms with Gasteiger partial charge in [-0.05, 0) is 25.8 Å². The van der Waals surface area contributed by atoms with Crippen LogP contribution in [0.2, 0.25) is 0 Å². The van der Waals surface area contributed by atoms with Crippen LogP contribution in [0.3, 0.4) is 0 Å². The van der Waals surface area contributed by atoms with Crippen molar-refractivity contribution < 1.29 is 13.6 Å². The zero-order valence-corrected chi connectivity index (χ0v) is 7.35. The molecule has 0 aromatic carbocycles. The van der Waals surface area contributed by atoms with Gasteiger partial charge in [-0.3, -0.25) is 4.79 Å². The first-order chi connectivity index (χ1) is 6.20. The molecule has 1 amide bonds. The highest BCUT2D eigenvalue weighted by Crippen LogP contribution is 2.18. The van der Waals surface area contributed by atoms with E-state index in [4.69, 9.17) is 0 Å². The Morgan fingerprint density at radius 2 is 2.08 bits per heavy atom. The van der Waals surface area contributed by atoms with Gasteiger partial charge in [0.1, 0.15) is 0 Å². The summed E-state index contributed by atoms with van der Waals surface area (Å²) in [5.41, 5.74) is 0. The zero-order valence-electron chi connectivity index (χ0n) is 7.35. The van der Waals surface area contributed by atoms with Crippen molar-refractivity contribution in [3.8, 4) is 0 Å². The predicted octanol–water partition coefficient (Wildman–Crippen LogP) is 0.510. The highest BCUT2D eigenvalue weighted by molar-refractivity contribution is 5.78. The molecule has 1 fully saturated rings. The SMILES string of the molecule is O=C(NCCCNC1CC1)C(F)F. The number of alkyl halides is 2. The third-order valence-corrected chi connectivity index (χ3v) is 1.86. The molecule has 0 spiro atoms.